The van der Waals surface area contributed by atoms with E-state index >= 15 is 0 Å². The number of nitrogens with one attached hydrogen (secondary N) is 3. The van der Waals surface area contributed by atoms with Gasteiger partial charge in [-0.15, -0.1) is 0 Å². The molecule has 0 atom stereocenters. The molecule has 0 spiro atoms. The third-order valence-corrected chi connectivity index (χ3v) is 2.48. The predicted octanol–water partition coefficient (Wildman–Crippen LogP) is 0.901. The van der Waals surface area contributed by atoms with Crippen molar-refractivity contribution < 1.29 is 14.4 Å². The maximum Gasteiger partial charge on any atom is 0.251 e. The normalized spacial score (nSPS) is 9.70. The zero-order valence-corrected chi connectivity index (χ0v) is 11.7. The van der Waals surface area contributed by atoms with Gasteiger partial charge in [-0.25, -0.2) is 0 Å². The van der Waals surface area contributed by atoms with Crippen molar-refractivity contribution in [3.8, 4) is 0 Å². The Labute approximate surface area is 117 Å². The molecule has 0 aliphatic rings. The van der Waals surface area contributed by atoms with Gasteiger partial charge in [-0.2, -0.15) is 0 Å². The first-order chi connectivity index (χ1) is 9.49. The van der Waals surface area contributed by atoms with Crippen molar-refractivity contribution in [1.29, 1.82) is 0 Å². The molecule has 3 amide bonds. The average Bonchev–Trinajstić information content (AvgIpc) is 2.38. The van der Waals surface area contributed by atoms with E-state index in [1.54, 1.807) is 24.3 Å². The van der Waals surface area contributed by atoms with Crippen LogP contribution in [0.5, 0.6) is 0 Å². The molecule has 0 heterocycles. The number of carbonyl (C=O) groups is 3. The van der Waals surface area contributed by atoms with Crippen LogP contribution in [-0.4, -0.2) is 30.8 Å². The molecule has 0 saturated carbocycles. The van der Waals surface area contributed by atoms with Gasteiger partial charge in [-0.1, -0.05) is 0 Å². The van der Waals surface area contributed by atoms with Crippen molar-refractivity contribution in [2.75, 3.05) is 18.4 Å². The van der Waals surface area contributed by atoms with Gasteiger partial charge in [-0.3, -0.25) is 14.4 Å². The number of hydrogen-bond donors (Lipinski definition) is 3. The molecule has 6 nitrogen and oxygen atoms in total. The molecule has 3 N–H and O–H groups in total. The number of rotatable bonds is 6. The van der Waals surface area contributed by atoms with Gasteiger partial charge in [-0.05, 0) is 30.7 Å². The second-order valence-corrected chi connectivity index (χ2v) is 4.35. The lowest BCUT2D eigenvalue weighted by Gasteiger charge is -2.07. The lowest BCUT2D eigenvalue weighted by Crippen LogP contribution is -2.28. The van der Waals surface area contributed by atoms with Crippen molar-refractivity contribution in [1.82, 2.24) is 10.6 Å². The zero-order chi connectivity index (χ0) is 15.0. The van der Waals surface area contributed by atoms with Crippen molar-refractivity contribution in [3.05, 3.63) is 29.8 Å². The fourth-order valence-corrected chi connectivity index (χ4v) is 1.56. The highest BCUT2D eigenvalue weighted by molar-refractivity contribution is 5.95. The number of benzene rings is 1. The molecule has 0 aromatic heterocycles. The highest BCUT2D eigenvalue weighted by Crippen LogP contribution is 2.09. The Bertz CT molecular complexity index is 483. The second-order valence-electron chi connectivity index (χ2n) is 4.35. The molecule has 0 fully saturated rings. The van der Waals surface area contributed by atoms with Crippen molar-refractivity contribution >= 4 is 23.4 Å². The fraction of sp³-hybridized carbons (Fsp3) is 0.357. The van der Waals surface area contributed by atoms with Crippen LogP contribution in [0.25, 0.3) is 0 Å². The maximum absolute atomic E-state index is 11.8. The summed E-state index contributed by atoms with van der Waals surface area (Å²) in [5.74, 6) is -0.410. The minimum atomic E-state index is -0.179. The molecule has 108 valence electrons. The Morgan fingerprint density at radius 1 is 0.900 bits per heavy atom. The molecule has 0 bridgehead atoms. The summed E-state index contributed by atoms with van der Waals surface area (Å²) < 4.78 is 0. The van der Waals surface area contributed by atoms with Gasteiger partial charge < -0.3 is 16.0 Å². The summed E-state index contributed by atoms with van der Waals surface area (Å²) in [5.41, 5.74) is 1.18. The van der Waals surface area contributed by atoms with Gasteiger partial charge in [0.15, 0.2) is 0 Å². The fourth-order valence-electron chi connectivity index (χ4n) is 1.56. The second kappa shape index (κ2) is 7.93. The third kappa shape index (κ3) is 5.99. The molecule has 6 heteroatoms. The Morgan fingerprint density at radius 2 is 1.50 bits per heavy atom. The smallest absolute Gasteiger partial charge is 0.251 e. The van der Waals surface area contributed by atoms with Crippen LogP contribution < -0.4 is 16.0 Å². The molecule has 0 aliphatic heterocycles. The molecule has 1 aromatic carbocycles. The topological polar surface area (TPSA) is 87.3 Å². The Hall–Kier alpha value is -2.37. The van der Waals surface area contributed by atoms with Crippen LogP contribution in [0, 0.1) is 0 Å². The molecule has 0 unspecified atom stereocenters. The standard InChI is InChI=1S/C14H19N3O3/c1-10(18)15-8-3-9-16-14(20)12-4-6-13(7-5-12)17-11(2)19/h4-7H,3,8-9H2,1-2H3,(H,15,18)(H,16,20)(H,17,19). The van der Waals surface area contributed by atoms with E-state index in [2.05, 4.69) is 16.0 Å². The quantitative estimate of drug-likeness (QED) is 0.675. The maximum atomic E-state index is 11.8. The summed E-state index contributed by atoms with van der Waals surface area (Å²) in [6.45, 7) is 3.91. The van der Waals surface area contributed by atoms with Crippen LogP contribution in [0.1, 0.15) is 30.6 Å². The van der Waals surface area contributed by atoms with Gasteiger partial charge in [0.25, 0.3) is 5.91 Å². The first kappa shape index (κ1) is 15.7. The van der Waals surface area contributed by atoms with Gasteiger partial charge >= 0.3 is 0 Å². The third-order valence-electron chi connectivity index (χ3n) is 2.48. The van der Waals surface area contributed by atoms with Crippen LogP contribution in [-0.2, 0) is 9.59 Å². The number of hydrogen-bond acceptors (Lipinski definition) is 3. The number of carbonyl (C=O) groups excluding carboxylic acids is 3. The minimum Gasteiger partial charge on any atom is -0.356 e. The van der Waals surface area contributed by atoms with Gasteiger partial charge in [0.2, 0.25) is 11.8 Å². The van der Waals surface area contributed by atoms with Crippen LogP contribution in [0.3, 0.4) is 0 Å². The monoisotopic (exact) mass is 277 g/mol. The van der Waals surface area contributed by atoms with Crippen LogP contribution in [0.15, 0.2) is 24.3 Å². The first-order valence-electron chi connectivity index (χ1n) is 6.39. The van der Waals surface area contributed by atoms with Gasteiger partial charge in [0, 0.05) is 38.2 Å². The summed E-state index contributed by atoms with van der Waals surface area (Å²) in [4.78, 5) is 33.3. The highest BCUT2D eigenvalue weighted by atomic mass is 16.2. The van der Waals surface area contributed by atoms with Crippen molar-refractivity contribution in [2.45, 2.75) is 20.3 Å². The van der Waals surface area contributed by atoms with E-state index in [0.29, 0.717) is 30.8 Å². The van der Waals surface area contributed by atoms with Gasteiger partial charge in [0.05, 0.1) is 0 Å². The summed E-state index contributed by atoms with van der Waals surface area (Å²) in [5, 5.41) is 8.04. The summed E-state index contributed by atoms with van der Waals surface area (Å²) in [7, 11) is 0. The van der Waals surface area contributed by atoms with Crippen molar-refractivity contribution in [3.63, 3.8) is 0 Å². The molecular formula is C14H19N3O3. The summed E-state index contributed by atoms with van der Waals surface area (Å²) >= 11 is 0. The van der Waals surface area contributed by atoms with E-state index in [1.165, 1.54) is 13.8 Å². The SMILES string of the molecule is CC(=O)NCCCNC(=O)c1ccc(NC(C)=O)cc1. The van der Waals surface area contributed by atoms with Crippen LogP contribution >= 0.6 is 0 Å². The molecular weight excluding hydrogens is 258 g/mol. The molecule has 0 aliphatic carbocycles. The van der Waals surface area contributed by atoms with Crippen LogP contribution in [0.4, 0.5) is 5.69 Å². The van der Waals surface area contributed by atoms with E-state index in [0.717, 1.165) is 0 Å². The Kier molecular flexibility index (Phi) is 6.22. The molecule has 0 saturated heterocycles. The Balaban J connectivity index is 2.36. The van der Waals surface area contributed by atoms with E-state index in [-0.39, 0.29) is 17.7 Å². The number of anilines is 1. The zero-order valence-electron chi connectivity index (χ0n) is 11.7. The highest BCUT2D eigenvalue weighted by Gasteiger charge is 2.04. The van der Waals surface area contributed by atoms with E-state index in [4.69, 9.17) is 0 Å². The molecule has 20 heavy (non-hydrogen) atoms. The largest absolute Gasteiger partial charge is 0.356 e. The summed E-state index contributed by atoms with van der Waals surface area (Å²) in [6, 6.07) is 6.64. The summed E-state index contributed by atoms with van der Waals surface area (Å²) in [6.07, 6.45) is 0.676. The lowest BCUT2D eigenvalue weighted by molar-refractivity contribution is -0.119. The van der Waals surface area contributed by atoms with Gasteiger partial charge in [0.1, 0.15) is 0 Å². The van der Waals surface area contributed by atoms with E-state index < -0.39 is 0 Å². The Morgan fingerprint density at radius 3 is 2.05 bits per heavy atom. The first-order valence-corrected chi connectivity index (χ1v) is 6.39. The van der Waals surface area contributed by atoms with Crippen molar-refractivity contribution in [2.24, 2.45) is 0 Å². The van der Waals surface area contributed by atoms with Crippen LogP contribution in [0.2, 0.25) is 0 Å². The number of amides is 3. The van der Waals surface area contributed by atoms with E-state index in [1.807, 2.05) is 0 Å². The van der Waals surface area contributed by atoms with E-state index in [9.17, 15) is 14.4 Å². The molecule has 1 rings (SSSR count). The molecule has 1 aromatic rings. The average molecular weight is 277 g/mol. The predicted molar refractivity (Wildman–Crippen MR) is 76.4 cm³/mol. The molecule has 0 radical (unpaired) electrons. The minimum absolute atomic E-state index is 0.0788. The lowest BCUT2D eigenvalue weighted by atomic mass is 10.2.